The van der Waals surface area contributed by atoms with Gasteiger partial charge in [0.25, 0.3) is 0 Å². The van der Waals surface area contributed by atoms with E-state index in [2.05, 4.69) is 0 Å². The van der Waals surface area contributed by atoms with Gasteiger partial charge in [-0.25, -0.2) is 8.42 Å². The molecule has 0 unspecified atom stereocenters. The lowest BCUT2D eigenvalue weighted by Gasteiger charge is -2.34. The Bertz CT molecular complexity index is 282. The minimum absolute atomic E-state index is 0.180. The number of nitrogens with two attached hydrogens (primary N) is 1. The third kappa shape index (κ3) is 3.74. The zero-order chi connectivity index (χ0) is 11.5. The van der Waals surface area contributed by atoms with Crippen molar-refractivity contribution < 1.29 is 8.42 Å². The van der Waals surface area contributed by atoms with Crippen LogP contribution < -0.4 is 5.73 Å². The van der Waals surface area contributed by atoms with Crippen LogP contribution in [0, 0.1) is 0 Å². The Hall–Kier alpha value is -0.130. The van der Waals surface area contributed by atoms with E-state index in [4.69, 9.17) is 5.73 Å². The lowest BCUT2D eigenvalue weighted by Crippen LogP contribution is -2.44. The molecule has 0 heterocycles. The van der Waals surface area contributed by atoms with Crippen molar-refractivity contribution in [3.8, 4) is 0 Å². The molecule has 0 spiro atoms. The fraction of sp³-hybridized carbons (Fsp3) is 1.00. The molecule has 0 amide bonds. The lowest BCUT2D eigenvalue weighted by molar-refractivity contribution is 0.241. The molecular formula is C10H22N2O2S. The fourth-order valence-corrected chi connectivity index (χ4v) is 3.50. The van der Waals surface area contributed by atoms with Crippen LogP contribution >= 0.6 is 0 Å². The highest BCUT2D eigenvalue weighted by molar-refractivity contribution is 7.88. The van der Waals surface area contributed by atoms with Crippen LogP contribution in [0.5, 0.6) is 0 Å². The molecule has 5 heteroatoms. The van der Waals surface area contributed by atoms with Crippen LogP contribution in [0.3, 0.4) is 0 Å². The lowest BCUT2D eigenvalue weighted by atomic mass is 9.92. The third-order valence-corrected chi connectivity index (χ3v) is 4.35. The predicted molar refractivity (Wildman–Crippen MR) is 62.1 cm³/mol. The minimum Gasteiger partial charge on any atom is -0.328 e. The van der Waals surface area contributed by atoms with Gasteiger partial charge in [0, 0.05) is 18.6 Å². The summed E-state index contributed by atoms with van der Waals surface area (Å²) in [7, 11) is -3.05. The number of rotatable bonds is 4. The molecule has 1 rings (SSSR count). The van der Waals surface area contributed by atoms with E-state index in [1.54, 1.807) is 4.31 Å². The summed E-state index contributed by atoms with van der Waals surface area (Å²) in [6.45, 7) is 2.64. The molecule has 1 saturated carbocycles. The van der Waals surface area contributed by atoms with Gasteiger partial charge in [-0.05, 0) is 32.1 Å². The summed E-state index contributed by atoms with van der Waals surface area (Å²) in [5.41, 5.74) is 5.81. The molecule has 15 heavy (non-hydrogen) atoms. The zero-order valence-corrected chi connectivity index (χ0v) is 10.5. The maximum atomic E-state index is 11.6. The molecule has 0 aromatic carbocycles. The summed E-state index contributed by atoms with van der Waals surface area (Å²) >= 11 is 0. The highest BCUT2D eigenvalue weighted by Crippen LogP contribution is 2.23. The molecule has 1 aliphatic carbocycles. The third-order valence-electron chi connectivity index (χ3n) is 3.02. The van der Waals surface area contributed by atoms with Crippen LogP contribution in [0.4, 0.5) is 0 Å². The normalized spacial score (nSPS) is 28.3. The minimum atomic E-state index is -3.05. The van der Waals surface area contributed by atoms with Crippen molar-refractivity contribution in [1.29, 1.82) is 0 Å². The first kappa shape index (κ1) is 12.9. The van der Waals surface area contributed by atoms with Gasteiger partial charge >= 0.3 is 0 Å². The van der Waals surface area contributed by atoms with Crippen LogP contribution in [0.25, 0.3) is 0 Å². The SMILES string of the molecule is CCCN(C1CCC(N)CC1)S(C)(=O)=O. The van der Waals surface area contributed by atoms with Crippen molar-refractivity contribution in [2.24, 2.45) is 5.73 Å². The number of nitrogens with zero attached hydrogens (tertiary/aromatic N) is 1. The maximum Gasteiger partial charge on any atom is 0.211 e. The smallest absolute Gasteiger partial charge is 0.211 e. The second kappa shape index (κ2) is 5.27. The van der Waals surface area contributed by atoms with Gasteiger partial charge in [-0.15, -0.1) is 0 Å². The predicted octanol–water partition coefficient (Wildman–Crippen LogP) is 0.928. The van der Waals surface area contributed by atoms with E-state index in [9.17, 15) is 8.42 Å². The van der Waals surface area contributed by atoms with Crippen LogP contribution in [-0.4, -0.2) is 37.6 Å². The Morgan fingerprint density at radius 1 is 1.27 bits per heavy atom. The average Bonchev–Trinajstić information content (AvgIpc) is 2.14. The molecule has 0 aromatic rings. The van der Waals surface area contributed by atoms with Crippen molar-refractivity contribution in [3.05, 3.63) is 0 Å². The highest BCUT2D eigenvalue weighted by Gasteiger charge is 2.28. The Labute approximate surface area is 92.9 Å². The zero-order valence-electron chi connectivity index (χ0n) is 9.65. The first-order valence-electron chi connectivity index (χ1n) is 5.67. The van der Waals surface area contributed by atoms with Crippen molar-refractivity contribution in [2.45, 2.75) is 51.1 Å². The molecular weight excluding hydrogens is 212 g/mol. The van der Waals surface area contributed by atoms with Gasteiger partial charge in [0.15, 0.2) is 0 Å². The second-order valence-corrected chi connectivity index (χ2v) is 6.38. The van der Waals surface area contributed by atoms with Crippen LogP contribution in [0.2, 0.25) is 0 Å². The monoisotopic (exact) mass is 234 g/mol. The molecule has 0 radical (unpaired) electrons. The van der Waals surface area contributed by atoms with Crippen molar-refractivity contribution >= 4 is 10.0 Å². The molecule has 2 N–H and O–H groups in total. The van der Waals surface area contributed by atoms with Crippen molar-refractivity contribution in [3.63, 3.8) is 0 Å². The average molecular weight is 234 g/mol. The van der Waals surface area contributed by atoms with Gasteiger partial charge in [-0.3, -0.25) is 0 Å². The molecule has 0 saturated heterocycles. The van der Waals surface area contributed by atoms with Crippen molar-refractivity contribution in [2.75, 3.05) is 12.8 Å². The van der Waals surface area contributed by atoms with E-state index >= 15 is 0 Å². The molecule has 1 fully saturated rings. The van der Waals surface area contributed by atoms with Gasteiger partial charge in [0.1, 0.15) is 0 Å². The Balaban J connectivity index is 2.65. The summed E-state index contributed by atoms with van der Waals surface area (Å²) in [5, 5.41) is 0. The summed E-state index contributed by atoms with van der Waals surface area (Å²) in [6, 6.07) is 0.448. The number of sulfonamides is 1. The van der Waals surface area contributed by atoms with Gasteiger partial charge in [-0.1, -0.05) is 6.92 Å². The largest absolute Gasteiger partial charge is 0.328 e. The van der Waals surface area contributed by atoms with E-state index < -0.39 is 10.0 Å². The molecule has 0 aliphatic heterocycles. The Kier molecular flexibility index (Phi) is 4.55. The van der Waals surface area contributed by atoms with E-state index in [1.165, 1.54) is 6.26 Å². The van der Waals surface area contributed by atoms with Crippen LogP contribution in [0.15, 0.2) is 0 Å². The second-order valence-electron chi connectivity index (χ2n) is 4.44. The summed E-state index contributed by atoms with van der Waals surface area (Å²) in [4.78, 5) is 0. The Morgan fingerprint density at radius 2 is 1.80 bits per heavy atom. The Morgan fingerprint density at radius 3 is 2.20 bits per heavy atom. The van der Waals surface area contributed by atoms with Gasteiger partial charge < -0.3 is 5.73 Å². The van der Waals surface area contributed by atoms with Crippen LogP contribution in [0.1, 0.15) is 39.0 Å². The topological polar surface area (TPSA) is 63.4 Å². The van der Waals surface area contributed by atoms with E-state index in [0.29, 0.717) is 6.54 Å². The summed E-state index contributed by atoms with van der Waals surface area (Å²) < 4.78 is 24.8. The first-order valence-corrected chi connectivity index (χ1v) is 7.52. The molecule has 90 valence electrons. The fourth-order valence-electron chi connectivity index (χ4n) is 2.23. The molecule has 0 bridgehead atoms. The first-order chi connectivity index (χ1) is 6.95. The van der Waals surface area contributed by atoms with E-state index in [1.807, 2.05) is 6.92 Å². The van der Waals surface area contributed by atoms with E-state index in [0.717, 1.165) is 32.1 Å². The molecule has 1 aliphatic rings. The molecule has 4 nitrogen and oxygen atoms in total. The summed E-state index contributed by atoms with van der Waals surface area (Å²) in [5.74, 6) is 0. The van der Waals surface area contributed by atoms with E-state index in [-0.39, 0.29) is 12.1 Å². The van der Waals surface area contributed by atoms with Crippen LogP contribution in [-0.2, 0) is 10.0 Å². The highest BCUT2D eigenvalue weighted by atomic mass is 32.2. The quantitative estimate of drug-likeness (QED) is 0.787. The van der Waals surface area contributed by atoms with Gasteiger partial charge in [0.05, 0.1) is 6.26 Å². The van der Waals surface area contributed by atoms with Gasteiger partial charge in [0.2, 0.25) is 10.0 Å². The summed E-state index contributed by atoms with van der Waals surface area (Å²) in [6.07, 6.45) is 5.89. The maximum absolute atomic E-state index is 11.6. The molecule has 0 atom stereocenters. The molecule has 0 aromatic heterocycles. The number of hydrogen-bond donors (Lipinski definition) is 1. The number of hydrogen-bond acceptors (Lipinski definition) is 3. The standard InChI is InChI=1S/C10H22N2O2S/c1-3-8-12(15(2,13)14)10-6-4-9(11)5-7-10/h9-10H,3-8,11H2,1-2H3. The van der Waals surface area contributed by atoms with Gasteiger partial charge in [-0.2, -0.15) is 4.31 Å². The van der Waals surface area contributed by atoms with Crippen molar-refractivity contribution in [1.82, 2.24) is 4.31 Å².